The van der Waals surface area contributed by atoms with Crippen molar-refractivity contribution in [2.45, 2.75) is 38.6 Å². The molecule has 5 heteroatoms. The maximum absolute atomic E-state index is 12.4. The number of nitrogens with zero attached hydrogens (tertiary/aromatic N) is 1. The molecule has 120 valence electrons. The average molecular weight is 304 g/mol. The van der Waals surface area contributed by atoms with Gasteiger partial charge in [0.1, 0.15) is 5.75 Å². The molecule has 1 fully saturated rings. The lowest BCUT2D eigenvalue weighted by Crippen LogP contribution is -2.48. The van der Waals surface area contributed by atoms with Crippen LogP contribution in [0, 0.1) is 5.92 Å². The smallest absolute Gasteiger partial charge is 0.223 e. The summed E-state index contributed by atoms with van der Waals surface area (Å²) in [5, 5.41) is 0. The number of carbonyl (C=O) groups is 2. The molecule has 2 rings (SSSR count). The summed E-state index contributed by atoms with van der Waals surface area (Å²) in [6.45, 7) is 2.48. The highest BCUT2D eigenvalue weighted by atomic mass is 16.5. The Morgan fingerprint density at radius 3 is 2.82 bits per heavy atom. The van der Waals surface area contributed by atoms with Gasteiger partial charge >= 0.3 is 0 Å². The second kappa shape index (κ2) is 7.29. The molecular weight excluding hydrogens is 280 g/mol. The van der Waals surface area contributed by atoms with Gasteiger partial charge in [-0.2, -0.15) is 0 Å². The molecule has 2 N–H and O–H groups in total. The highest BCUT2D eigenvalue weighted by molar-refractivity contribution is 5.80. The van der Waals surface area contributed by atoms with Crippen molar-refractivity contribution in [3.63, 3.8) is 0 Å². The van der Waals surface area contributed by atoms with Crippen LogP contribution in [0.2, 0.25) is 0 Å². The molecule has 22 heavy (non-hydrogen) atoms. The fourth-order valence-corrected chi connectivity index (χ4v) is 2.91. The Hall–Kier alpha value is -2.04. The van der Waals surface area contributed by atoms with Gasteiger partial charge in [0.25, 0.3) is 0 Å². The summed E-state index contributed by atoms with van der Waals surface area (Å²) in [4.78, 5) is 25.6. The van der Waals surface area contributed by atoms with Crippen molar-refractivity contribution in [2.75, 3.05) is 13.7 Å². The largest absolute Gasteiger partial charge is 0.497 e. The van der Waals surface area contributed by atoms with Crippen LogP contribution in [0.15, 0.2) is 24.3 Å². The van der Waals surface area contributed by atoms with E-state index in [1.807, 2.05) is 31.2 Å². The molecule has 1 aliphatic rings. The van der Waals surface area contributed by atoms with Gasteiger partial charge < -0.3 is 15.4 Å². The van der Waals surface area contributed by atoms with Gasteiger partial charge in [-0.1, -0.05) is 12.1 Å². The summed E-state index contributed by atoms with van der Waals surface area (Å²) in [7, 11) is 1.63. The normalized spacial score (nSPS) is 21.5. The molecule has 1 aromatic carbocycles. The fourth-order valence-electron chi connectivity index (χ4n) is 2.91. The van der Waals surface area contributed by atoms with Crippen molar-refractivity contribution in [2.24, 2.45) is 11.7 Å². The zero-order chi connectivity index (χ0) is 16.1. The Morgan fingerprint density at radius 2 is 2.14 bits per heavy atom. The summed E-state index contributed by atoms with van der Waals surface area (Å²) >= 11 is 0. The van der Waals surface area contributed by atoms with Gasteiger partial charge in [0, 0.05) is 19.0 Å². The van der Waals surface area contributed by atoms with Crippen molar-refractivity contribution in [1.29, 1.82) is 0 Å². The van der Waals surface area contributed by atoms with E-state index in [0.717, 1.165) is 24.2 Å². The quantitative estimate of drug-likeness (QED) is 0.900. The number of hydrogen-bond donors (Lipinski definition) is 1. The van der Waals surface area contributed by atoms with E-state index in [2.05, 4.69) is 0 Å². The number of likely N-dealkylation sites (tertiary alicyclic amines) is 1. The minimum atomic E-state index is -0.308. The van der Waals surface area contributed by atoms with Crippen LogP contribution in [0.25, 0.3) is 0 Å². The molecule has 0 spiro atoms. The summed E-state index contributed by atoms with van der Waals surface area (Å²) in [5.74, 6) is 0.362. The third-order valence-corrected chi connectivity index (χ3v) is 4.37. The first-order chi connectivity index (χ1) is 10.5. The SMILES string of the molecule is COc1cccc(CCC(=O)N2C[C@@H](C(N)=O)CC[C@@H]2C)c1. The molecular formula is C17H24N2O3. The Kier molecular flexibility index (Phi) is 5.41. The van der Waals surface area contributed by atoms with E-state index in [0.29, 0.717) is 19.4 Å². The van der Waals surface area contributed by atoms with Crippen LogP contribution in [0.3, 0.4) is 0 Å². The van der Waals surface area contributed by atoms with Crippen molar-refractivity contribution < 1.29 is 14.3 Å². The number of hydrogen-bond acceptors (Lipinski definition) is 3. The Bertz CT molecular complexity index is 544. The average Bonchev–Trinajstić information content (AvgIpc) is 2.53. The lowest BCUT2D eigenvalue weighted by atomic mass is 9.92. The Labute approximate surface area is 131 Å². The number of primary amides is 1. The van der Waals surface area contributed by atoms with Gasteiger partial charge in [0.2, 0.25) is 11.8 Å². The van der Waals surface area contributed by atoms with Crippen LogP contribution < -0.4 is 10.5 Å². The van der Waals surface area contributed by atoms with Crippen LogP contribution in [0.5, 0.6) is 5.75 Å². The van der Waals surface area contributed by atoms with Crippen LogP contribution >= 0.6 is 0 Å². The van der Waals surface area contributed by atoms with Crippen molar-refractivity contribution in [3.05, 3.63) is 29.8 Å². The predicted octanol–water partition coefficient (Wildman–Crippen LogP) is 1.74. The molecule has 2 amide bonds. The number of aryl methyl sites for hydroxylation is 1. The van der Waals surface area contributed by atoms with Crippen LogP contribution in [-0.2, 0) is 16.0 Å². The number of carbonyl (C=O) groups excluding carboxylic acids is 2. The molecule has 0 unspecified atom stereocenters. The number of amides is 2. The maximum Gasteiger partial charge on any atom is 0.223 e. The molecule has 1 heterocycles. The molecule has 5 nitrogen and oxygen atoms in total. The third-order valence-electron chi connectivity index (χ3n) is 4.37. The zero-order valence-electron chi connectivity index (χ0n) is 13.2. The van der Waals surface area contributed by atoms with E-state index >= 15 is 0 Å². The first-order valence-electron chi connectivity index (χ1n) is 7.73. The van der Waals surface area contributed by atoms with Crippen LogP contribution in [0.4, 0.5) is 0 Å². The summed E-state index contributed by atoms with van der Waals surface area (Å²) in [6.07, 6.45) is 2.71. The third kappa shape index (κ3) is 4.00. The number of piperidine rings is 1. The zero-order valence-corrected chi connectivity index (χ0v) is 13.2. The maximum atomic E-state index is 12.4. The minimum Gasteiger partial charge on any atom is -0.497 e. The molecule has 0 bridgehead atoms. The summed E-state index contributed by atoms with van der Waals surface area (Å²) in [6, 6.07) is 7.91. The minimum absolute atomic E-state index is 0.0845. The monoisotopic (exact) mass is 304 g/mol. The van der Waals surface area contributed by atoms with Crippen molar-refractivity contribution >= 4 is 11.8 Å². The molecule has 0 radical (unpaired) electrons. The Morgan fingerprint density at radius 1 is 1.36 bits per heavy atom. The van der Waals surface area contributed by atoms with Gasteiger partial charge in [0.05, 0.1) is 13.0 Å². The topological polar surface area (TPSA) is 72.6 Å². The first kappa shape index (κ1) is 16.3. The number of methoxy groups -OCH3 is 1. The molecule has 2 atom stereocenters. The van der Waals surface area contributed by atoms with E-state index in [9.17, 15) is 9.59 Å². The number of benzene rings is 1. The number of nitrogens with two attached hydrogens (primary N) is 1. The predicted molar refractivity (Wildman–Crippen MR) is 84.4 cm³/mol. The van der Waals surface area contributed by atoms with Crippen LogP contribution in [-0.4, -0.2) is 36.4 Å². The molecule has 1 saturated heterocycles. The van der Waals surface area contributed by atoms with E-state index in [-0.39, 0.29) is 23.8 Å². The van der Waals surface area contributed by atoms with Gasteiger partial charge in [0.15, 0.2) is 0 Å². The summed E-state index contributed by atoms with van der Waals surface area (Å²) in [5.41, 5.74) is 6.45. The highest BCUT2D eigenvalue weighted by Crippen LogP contribution is 2.23. The second-order valence-electron chi connectivity index (χ2n) is 5.92. The molecule has 1 aromatic rings. The van der Waals surface area contributed by atoms with E-state index < -0.39 is 0 Å². The standard InChI is InChI=1S/C17H24N2O3/c1-12-6-8-14(17(18)21)11-19(12)16(20)9-7-13-4-3-5-15(10-13)22-2/h3-5,10,12,14H,6-9,11H2,1-2H3,(H2,18,21)/t12-,14-/m0/s1. The molecule has 0 aliphatic carbocycles. The lowest BCUT2D eigenvalue weighted by molar-refractivity contribution is -0.137. The van der Waals surface area contributed by atoms with E-state index in [1.54, 1.807) is 12.0 Å². The summed E-state index contributed by atoms with van der Waals surface area (Å²) < 4.78 is 5.19. The fraction of sp³-hybridized carbons (Fsp3) is 0.529. The van der Waals surface area contributed by atoms with E-state index in [4.69, 9.17) is 10.5 Å². The molecule has 0 aromatic heterocycles. The highest BCUT2D eigenvalue weighted by Gasteiger charge is 2.31. The lowest BCUT2D eigenvalue weighted by Gasteiger charge is -2.37. The number of rotatable bonds is 5. The van der Waals surface area contributed by atoms with Crippen LogP contribution in [0.1, 0.15) is 31.7 Å². The van der Waals surface area contributed by atoms with Gasteiger partial charge in [-0.3, -0.25) is 9.59 Å². The first-order valence-corrected chi connectivity index (χ1v) is 7.73. The van der Waals surface area contributed by atoms with E-state index in [1.165, 1.54) is 0 Å². The van der Waals surface area contributed by atoms with Crippen molar-refractivity contribution in [3.8, 4) is 5.75 Å². The number of ether oxygens (including phenoxy) is 1. The Balaban J connectivity index is 1.94. The second-order valence-corrected chi connectivity index (χ2v) is 5.92. The van der Waals surface area contributed by atoms with Gasteiger partial charge in [-0.25, -0.2) is 0 Å². The van der Waals surface area contributed by atoms with Crippen molar-refractivity contribution in [1.82, 2.24) is 4.90 Å². The molecule has 1 aliphatic heterocycles. The van der Waals surface area contributed by atoms with Gasteiger partial charge in [-0.15, -0.1) is 0 Å². The van der Waals surface area contributed by atoms with Gasteiger partial charge in [-0.05, 0) is 43.9 Å². The molecule has 0 saturated carbocycles.